The molecular weight excluding hydrogens is 419 g/mol. The summed E-state index contributed by atoms with van der Waals surface area (Å²) in [4.78, 5) is 0. The van der Waals surface area contributed by atoms with Crippen LogP contribution in [0.1, 0.15) is 6.92 Å². The molecule has 102 valence electrons. The van der Waals surface area contributed by atoms with E-state index in [2.05, 4.69) is 95.6 Å². The maximum Gasteiger partial charge on any atom is -0.0809 e. The van der Waals surface area contributed by atoms with Gasteiger partial charge in [0.2, 0.25) is 0 Å². The molecule has 0 aliphatic rings. The van der Waals surface area contributed by atoms with Gasteiger partial charge in [0, 0.05) is 0 Å². The smallest absolute Gasteiger partial charge is 0.0809 e. The van der Waals surface area contributed by atoms with Gasteiger partial charge in [-0.2, -0.15) is 35.0 Å². The Bertz CT molecular complexity index is 663. The molecule has 4 rings (SSSR count). The van der Waals surface area contributed by atoms with Gasteiger partial charge in [0.1, 0.15) is 0 Å². The molecule has 0 amide bonds. The number of hydrogen-bond donors (Lipinski definition) is 0. The molecular formula is C20H18Hf. The van der Waals surface area contributed by atoms with Gasteiger partial charge in [0.25, 0.3) is 0 Å². The van der Waals surface area contributed by atoms with E-state index in [4.69, 9.17) is 0 Å². The zero-order valence-corrected chi connectivity index (χ0v) is 15.8. The Morgan fingerprint density at radius 1 is 0.714 bits per heavy atom. The van der Waals surface area contributed by atoms with Gasteiger partial charge in [-0.15, -0.1) is 59.3 Å². The molecule has 0 unspecified atom stereocenters. The molecule has 0 atom stereocenters. The Hall–Kier alpha value is -1.60. The molecule has 0 heterocycles. The summed E-state index contributed by atoms with van der Waals surface area (Å²) >= 11 is 1.24. The third kappa shape index (κ3) is 4.71. The molecule has 1 heteroatoms. The van der Waals surface area contributed by atoms with Crippen molar-refractivity contribution in [3.05, 3.63) is 84.9 Å². The van der Waals surface area contributed by atoms with Crippen molar-refractivity contribution >= 4 is 25.3 Å². The molecule has 0 aromatic heterocycles. The first-order chi connectivity index (χ1) is 10.3. The Balaban J connectivity index is 0.000000130. The second kappa shape index (κ2) is 8.63. The minimum absolute atomic E-state index is 1.24. The summed E-state index contributed by atoms with van der Waals surface area (Å²) in [5, 5.41) is 5.32. The largest absolute Gasteiger partial charge is 0.168 e. The van der Waals surface area contributed by atoms with Crippen LogP contribution in [0.15, 0.2) is 84.9 Å². The van der Waals surface area contributed by atoms with Crippen molar-refractivity contribution in [3.8, 4) is 0 Å². The summed E-state index contributed by atoms with van der Waals surface area (Å²) in [5.74, 6) is 0. The molecule has 4 aromatic carbocycles. The first-order valence-corrected chi connectivity index (χ1v) is 9.08. The van der Waals surface area contributed by atoms with Gasteiger partial charge in [-0.1, -0.05) is 12.1 Å². The standard InChI is InChI=1S/2C9H7.C2H4.Hf/c2*1-2-5-9-7-3-6-8(9)4-1;1-2;/h2*1-7H;1H,2H3;/q2*-1;;+2. The normalized spacial score (nSPS) is 9.48. The van der Waals surface area contributed by atoms with Gasteiger partial charge in [-0.05, 0) is 0 Å². The quantitative estimate of drug-likeness (QED) is 0.253. The maximum absolute atomic E-state index is 2.14. The van der Waals surface area contributed by atoms with Gasteiger partial charge >= 0.3 is 34.6 Å². The second-order valence-corrected chi connectivity index (χ2v) is 6.67. The van der Waals surface area contributed by atoms with Crippen LogP contribution in [0.3, 0.4) is 0 Å². The zero-order chi connectivity index (χ0) is 14.9. The maximum atomic E-state index is 2.14. The van der Waals surface area contributed by atoms with E-state index in [-0.39, 0.29) is 0 Å². The number of benzene rings is 2. The van der Waals surface area contributed by atoms with Crippen LogP contribution in [0.5, 0.6) is 0 Å². The minimum atomic E-state index is 1.24. The molecule has 0 nitrogen and oxygen atoms in total. The topological polar surface area (TPSA) is 0 Å². The summed E-state index contributed by atoms with van der Waals surface area (Å²) in [6, 6.07) is 29.3. The Morgan fingerprint density at radius 2 is 1.10 bits per heavy atom. The Labute approximate surface area is 140 Å². The van der Waals surface area contributed by atoms with Crippen molar-refractivity contribution in [2.45, 2.75) is 6.92 Å². The monoisotopic (exact) mass is 438 g/mol. The van der Waals surface area contributed by atoms with E-state index in [1.165, 1.54) is 45.4 Å². The number of hydrogen-bond acceptors (Lipinski definition) is 0. The van der Waals surface area contributed by atoms with Crippen LogP contribution in [0.25, 0.3) is 21.5 Å². The van der Waals surface area contributed by atoms with Gasteiger partial charge in [-0.25, -0.2) is 0 Å². The fourth-order valence-electron chi connectivity index (χ4n) is 2.14. The van der Waals surface area contributed by atoms with Gasteiger partial charge < -0.3 is 0 Å². The van der Waals surface area contributed by atoms with E-state index in [0.717, 1.165) is 0 Å². The summed E-state index contributed by atoms with van der Waals surface area (Å²) < 4.78 is 2.14. The minimum Gasteiger partial charge on any atom is -0.168 e. The molecule has 0 bridgehead atoms. The van der Waals surface area contributed by atoms with E-state index in [1.807, 2.05) is 0 Å². The first kappa shape index (κ1) is 15.8. The fourth-order valence-corrected chi connectivity index (χ4v) is 2.14. The predicted molar refractivity (Wildman–Crippen MR) is 90.8 cm³/mol. The molecule has 0 aliphatic heterocycles. The van der Waals surface area contributed by atoms with Crippen LogP contribution in [0, 0.1) is 0 Å². The molecule has 0 N–H and O–H groups in total. The third-order valence-electron chi connectivity index (χ3n) is 3.10. The van der Waals surface area contributed by atoms with E-state index < -0.39 is 0 Å². The number of fused-ring (bicyclic) bond motifs is 2. The van der Waals surface area contributed by atoms with E-state index in [0.29, 0.717) is 0 Å². The summed E-state index contributed by atoms with van der Waals surface area (Å²) in [5.41, 5.74) is 0. The predicted octanol–water partition coefficient (Wildman–Crippen LogP) is 5.47. The average Bonchev–Trinajstić information content (AvgIpc) is 3.17. The Morgan fingerprint density at radius 3 is 1.48 bits per heavy atom. The molecule has 21 heavy (non-hydrogen) atoms. The van der Waals surface area contributed by atoms with Crippen molar-refractivity contribution in [1.82, 2.24) is 0 Å². The van der Waals surface area contributed by atoms with E-state index in [1.54, 1.807) is 0 Å². The van der Waals surface area contributed by atoms with Gasteiger partial charge in [-0.3, -0.25) is 0 Å². The van der Waals surface area contributed by atoms with E-state index in [9.17, 15) is 0 Å². The molecule has 0 saturated heterocycles. The van der Waals surface area contributed by atoms with Crippen LogP contribution in [0.2, 0.25) is 0 Å². The summed E-state index contributed by atoms with van der Waals surface area (Å²) in [6.07, 6.45) is 0. The molecule has 0 spiro atoms. The molecule has 0 fully saturated rings. The van der Waals surface area contributed by atoms with E-state index >= 15 is 0 Å². The SMILES string of the molecule is C[CH]=[Hf+2].c1ccc2[cH-]ccc2c1.c1ccc2[cH-]ccc2c1. The molecule has 0 saturated carbocycles. The molecule has 0 aliphatic carbocycles. The van der Waals surface area contributed by atoms with Crippen molar-refractivity contribution in [2.24, 2.45) is 0 Å². The van der Waals surface area contributed by atoms with Crippen LogP contribution in [-0.2, 0) is 23.9 Å². The van der Waals surface area contributed by atoms with Gasteiger partial charge in [0.15, 0.2) is 0 Å². The van der Waals surface area contributed by atoms with Crippen molar-refractivity contribution in [3.63, 3.8) is 0 Å². The molecule has 0 radical (unpaired) electrons. The van der Waals surface area contributed by atoms with Crippen molar-refractivity contribution in [1.29, 1.82) is 0 Å². The summed E-state index contributed by atoms with van der Waals surface area (Å²) in [7, 11) is 0. The van der Waals surface area contributed by atoms with Crippen molar-refractivity contribution in [2.75, 3.05) is 0 Å². The van der Waals surface area contributed by atoms with Crippen LogP contribution < -0.4 is 0 Å². The second-order valence-electron chi connectivity index (χ2n) is 4.60. The van der Waals surface area contributed by atoms with Crippen LogP contribution in [0.4, 0.5) is 0 Å². The first-order valence-electron chi connectivity index (χ1n) is 7.01. The summed E-state index contributed by atoms with van der Waals surface area (Å²) in [6.45, 7) is 2.06. The van der Waals surface area contributed by atoms with Crippen LogP contribution >= 0.6 is 0 Å². The van der Waals surface area contributed by atoms with Gasteiger partial charge in [0.05, 0.1) is 0 Å². The van der Waals surface area contributed by atoms with Crippen molar-refractivity contribution < 1.29 is 23.9 Å². The average molecular weight is 437 g/mol. The number of rotatable bonds is 0. The zero-order valence-electron chi connectivity index (χ0n) is 12.2. The fraction of sp³-hybridized carbons (Fsp3) is 0.0500. The third-order valence-corrected chi connectivity index (χ3v) is 3.10. The Kier molecular flexibility index (Phi) is 6.49. The molecule has 4 aromatic rings. The van der Waals surface area contributed by atoms with Crippen LogP contribution in [-0.4, -0.2) is 3.76 Å².